The van der Waals surface area contributed by atoms with Crippen LogP contribution in [0.5, 0.6) is 0 Å². The third-order valence-corrected chi connectivity index (χ3v) is 5.14. The summed E-state index contributed by atoms with van der Waals surface area (Å²) in [6.07, 6.45) is 1.24. The van der Waals surface area contributed by atoms with E-state index < -0.39 is 0 Å². The summed E-state index contributed by atoms with van der Waals surface area (Å²) in [5.41, 5.74) is 2.80. The SMILES string of the molecule is Cc1csc(-c2ccc(NC(=O)CCNC(=O)[C@H]3C[C@@H]3C)cc2)n1. The Kier molecular flexibility index (Phi) is 4.94. The lowest BCUT2D eigenvalue weighted by molar-refractivity contribution is -0.122. The lowest BCUT2D eigenvalue weighted by Gasteiger charge is -2.07. The Hall–Kier alpha value is -2.21. The number of rotatable bonds is 6. The molecule has 5 nitrogen and oxygen atoms in total. The number of carbonyl (C=O) groups excluding carboxylic acids is 2. The molecule has 1 fully saturated rings. The fraction of sp³-hybridized carbons (Fsp3) is 0.389. The summed E-state index contributed by atoms with van der Waals surface area (Å²) in [4.78, 5) is 28.1. The standard InChI is InChI=1S/C18H21N3O2S/c1-11-9-15(11)17(23)19-8-7-16(22)21-14-5-3-13(4-6-14)18-20-12(2)10-24-18/h3-6,10-11,15H,7-9H2,1-2H3,(H,19,23)(H,21,22)/t11-,15-/m0/s1. The molecule has 1 aliphatic rings. The van der Waals surface area contributed by atoms with E-state index >= 15 is 0 Å². The Morgan fingerprint density at radius 3 is 2.58 bits per heavy atom. The first-order valence-corrected chi connectivity index (χ1v) is 9.01. The van der Waals surface area contributed by atoms with Gasteiger partial charge in [-0.3, -0.25) is 9.59 Å². The van der Waals surface area contributed by atoms with Gasteiger partial charge in [-0.15, -0.1) is 11.3 Å². The minimum Gasteiger partial charge on any atom is -0.355 e. The number of benzene rings is 1. The van der Waals surface area contributed by atoms with E-state index in [1.807, 2.05) is 36.6 Å². The molecule has 0 radical (unpaired) electrons. The predicted octanol–water partition coefficient (Wildman–Crippen LogP) is 3.22. The van der Waals surface area contributed by atoms with Gasteiger partial charge in [0.25, 0.3) is 0 Å². The molecule has 2 aromatic rings. The van der Waals surface area contributed by atoms with Crippen molar-refractivity contribution in [3.8, 4) is 10.6 Å². The molecule has 2 atom stereocenters. The highest BCUT2D eigenvalue weighted by atomic mass is 32.1. The van der Waals surface area contributed by atoms with Crippen molar-refractivity contribution in [3.63, 3.8) is 0 Å². The molecule has 1 aromatic heterocycles. The zero-order valence-electron chi connectivity index (χ0n) is 13.8. The number of amides is 2. The van der Waals surface area contributed by atoms with Crippen LogP contribution in [-0.4, -0.2) is 23.3 Å². The van der Waals surface area contributed by atoms with E-state index in [0.717, 1.165) is 28.4 Å². The molecule has 1 saturated carbocycles. The second-order valence-electron chi connectivity index (χ2n) is 6.28. The number of hydrogen-bond acceptors (Lipinski definition) is 4. The first-order valence-electron chi connectivity index (χ1n) is 8.13. The molecule has 2 N–H and O–H groups in total. The van der Waals surface area contributed by atoms with Crippen molar-refractivity contribution in [1.29, 1.82) is 0 Å². The topological polar surface area (TPSA) is 71.1 Å². The smallest absolute Gasteiger partial charge is 0.226 e. The molecular weight excluding hydrogens is 322 g/mol. The van der Waals surface area contributed by atoms with Gasteiger partial charge in [0.05, 0.1) is 0 Å². The van der Waals surface area contributed by atoms with Crippen molar-refractivity contribution >= 4 is 28.8 Å². The van der Waals surface area contributed by atoms with Crippen LogP contribution in [0.1, 0.15) is 25.5 Å². The highest BCUT2D eigenvalue weighted by Crippen LogP contribution is 2.37. The van der Waals surface area contributed by atoms with Gasteiger partial charge in [0.2, 0.25) is 11.8 Å². The Labute approximate surface area is 145 Å². The first kappa shape index (κ1) is 16.6. The number of hydrogen-bond donors (Lipinski definition) is 2. The third-order valence-electron chi connectivity index (χ3n) is 4.13. The van der Waals surface area contributed by atoms with Crippen LogP contribution >= 0.6 is 11.3 Å². The van der Waals surface area contributed by atoms with Crippen molar-refractivity contribution in [3.05, 3.63) is 35.3 Å². The van der Waals surface area contributed by atoms with Gasteiger partial charge in [-0.2, -0.15) is 0 Å². The monoisotopic (exact) mass is 343 g/mol. The Bertz CT molecular complexity index is 739. The van der Waals surface area contributed by atoms with Crippen LogP contribution in [0.4, 0.5) is 5.69 Å². The second kappa shape index (κ2) is 7.13. The maximum absolute atomic E-state index is 11.9. The van der Waals surface area contributed by atoms with E-state index in [1.54, 1.807) is 11.3 Å². The summed E-state index contributed by atoms with van der Waals surface area (Å²) in [6.45, 7) is 4.41. The molecule has 0 saturated heterocycles. The molecule has 2 amide bonds. The van der Waals surface area contributed by atoms with Gasteiger partial charge >= 0.3 is 0 Å². The second-order valence-corrected chi connectivity index (χ2v) is 7.14. The van der Waals surface area contributed by atoms with Gasteiger partial charge in [-0.25, -0.2) is 4.98 Å². The summed E-state index contributed by atoms with van der Waals surface area (Å²) >= 11 is 1.60. The predicted molar refractivity (Wildman–Crippen MR) is 95.8 cm³/mol. The quantitative estimate of drug-likeness (QED) is 0.846. The van der Waals surface area contributed by atoms with E-state index in [2.05, 4.69) is 22.5 Å². The molecule has 0 aliphatic heterocycles. The van der Waals surface area contributed by atoms with Gasteiger partial charge < -0.3 is 10.6 Å². The number of aryl methyl sites for hydroxylation is 1. The average Bonchev–Trinajstić information content (AvgIpc) is 3.13. The number of nitrogens with zero attached hydrogens (tertiary/aromatic N) is 1. The minimum absolute atomic E-state index is 0.0680. The van der Waals surface area contributed by atoms with E-state index in [1.165, 1.54) is 0 Å². The third kappa shape index (κ3) is 4.20. The fourth-order valence-electron chi connectivity index (χ4n) is 2.52. The van der Waals surface area contributed by atoms with Crippen LogP contribution in [0.2, 0.25) is 0 Å². The Morgan fingerprint density at radius 1 is 1.29 bits per heavy atom. The van der Waals surface area contributed by atoms with Gasteiger partial charge in [-0.05, 0) is 43.5 Å². The van der Waals surface area contributed by atoms with E-state index in [-0.39, 0.29) is 24.2 Å². The number of carbonyl (C=O) groups is 2. The van der Waals surface area contributed by atoms with Crippen molar-refractivity contribution in [2.24, 2.45) is 11.8 Å². The largest absolute Gasteiger partial charge is 0.355 e. The summed E-state index contributed by atoms with van der Waals surface area (Å²) in [5.74, 6) is 0.601. The first-order chi connectivity index (χ1) is 11.5. The van der Waals surface area contributed by atoms with Crippen molar-refractivity contribution in [1.82, 2.24) is 10.3 Å². The van der Waals surface area contributed by atoms with E-state index in [4.69, 9.17) is 0 Å². The molecule has 3 rings (SSSR count). The summed E-state index contributed by atoms with van der Waals surface area (Å²) < 4.78 is 0. The molecular formula is C18H21N3O2S. The van der Waals surface area contributed by atoms with Gasteiger partial charge in [-0.1, -0.05) is 6.92 Å². The zero-order valence-corrected chi connectivity index (χ0v) is 14.7. The Morgan fingerprint density at radius 2 is 2.00 bits per heavy atom. The summed E-state index contributed by atoms with van der Waals surface area (Å²) in [7, 11) is 0. The van der Waals surface area contributed by atoms with Gasteiger partial charge in [0.1, 0.15) is 5.01 Å². The molecule has 0 unspecified atom stereocenters. The molecule has 6 heteroatoms. The van der Waals surface area contributed by atoms with Crippen LogP contribution in [0, 0.1) is 18.8 Å². The van der Waals surface area contributed by atoms with Gasteiger partial charge in [0.15, 0.2) is 0 Å². The fourth-order valence-corrected chi connectivity index (χ4v) is 3.33. The van der Waals surface area contributed by atoms with Crippen LogP contribution in [0.15, 0.2) is 29.6 Å². The van der Waals surface area contributed by atoms with Crippen molar-refractivity contribution in [2.45, 2.75) is 26.7 Å². The molecule has 1 aliphatic carbocycles. The van der Waals surface area contributed by atoms with Crippen molar-refractivity contribution < 1.29 is 9.59 Å². The van der Waals surface area contributed by atoms with Crippen LogP contribution < -0.4 is 10.6 Å². The lowest BCUT2D eigenvalue weighted by Crippen LogP contribution is -2.29. The lowest BCUT2D eigenvalue weighted by atomic mass is 10.2. The molecule has 24 heavy (non-hydrogen) atoms. The molecule has 1 aromatic carbocycles. The van der Waals surface area contributed by atoms with Crippen LogP contribution in [0.3, 0.4) is 0 Å². The molecule has 1 heterocycles. The van der Waals surface area contributed by atoms with Crippen LogP contribution in [-0.2, 0) is 9.59 Å². The van der Waals surface area contributed by atoms with Gasteiger partial charge in [0, 0.05) is 41.2 Å². The summed E-state index contributed by atoms with van der Waals surface area (Å²) in [5, 5.41) is 8.65. The molecule has 126 valence electrons. The molecule has 0 bridgehead atoms. The minimum atomic E-state index is -0.100. The average molecular weight is 343 g/mol. The van der Waals surface area contributed by atoms with E-state index in [9.17, 15) is 9.59 Å². The van der Waals surface area contributed by atoms with Crippen molar-refractivity contribution in [2.75, 3.05) is 11.9 Å². The normalized spacial score (nSPS) is 18.9. The zero-order chi connectivity index (χ0) is 17.1. The number of aromatic nitrogens is 1. The molecule has 0 spiro atoms. The van der Waals surface area contributed by atoms with E-state index in [0.29, 0.717) is 12.5 Å². The maximum atomic E-state index is 11.9. The Balaban J connectivity index is 1.45. The number of nitrogens with one attached hydrogen (secondary N) is 2. The van der Waals surface area contributed by atoms with Crippen LogP contribution in [0.25, 0.3) is 10.6 Å². The highest BCUT2D eigenvalue weighted by Gasteiger charge is 2.38. The maximum Gasteiger partial charge on any atom is 0.226 e. The number of thiazole rings is 1. The highest BCUT2D eigenvalue weighted by molar-refractivity contribution is 7.13. The summed E-state index contributed by atoms with van der Waals surface area (Å²) in [6, 6.07) is 7.64. The number of anilines is 1.